The van der Waals surface area contributed by atoms with Gasteiger partial charge in [-0.1, -0.05) is 31.0 Å². The minimum atomic E-state index is -0.184. The van der Waals surface area contributed by atoms with Gasteiger partial charge >= 0.3 is 0 Å². The van der Waals surface area contributed by atoms with Crippen LogP contribution in [0.3, 0.4) is 0 Å². The quantitative estimate of drug-likeness (QED) is 0.890. The first kappa shape index (κ1) is 15.6. The zero-order valence-electron chi connectivity index (χ0n) is 14.6. The molecule has 0 saturated heterocycles. The molecule has 5 heteroatoms. The third-order valence-corrected chi connectivity index (χ3v) is 5.56. The van der Waals surface area contributed by atoms with E-state index in [0.29, 0.717) is 13.2 Å². The molecule has 1 N–H and O–H groups in total. The second-order valence-electron chi connectivity index (χ2n) is 7.15. The smallest absolute Gasteiger partial charge is 0.258 e. The maximum absolute atomic E-state index is 13.3. The highest BCUT2D eigenvalue weighted by atomic mass is 16.6. The number of carbonyl (C=O) groups excluding carboxylic acids is 1. The Bertz CT molecular complexity index is 845. The van der Waals surface area contributed by atoms with Gasteiger partial charge in [-0.3, -0.25) is 4.79 Å². The molecule has 1 atom stereocenters. The van der Waals surface area contributed by atoms with Crippen molar-refractivity contribution in [1.29, 1.82) is 0 Å². The molecule has 2 aliphatic heterocycles. The first-order chi connectivity index (χ1) is 12.8. The average Bonchev–Trinajstić information content (AvgIpc) is 3.22. The maximum Gasteiger partial charge on any atom is 0.258 e. The summed E-state index contributed by atoms with van der Waals surface area (Å²) in [7, 11) is 0. The molecule has 0 spiro atoms. The predicted octanol–water partition coefficient (Wildman–Crippen LogP) is 3.97. The minimum Gasteiger partial charge on any atom is -0.486 e. The van der Waals surface area contributed by atoms with E-state index in [9.17, 15) is 4.79 Å². The van der Waals surface area contributed by atoms with Crippen LogP contribution in [0.2, 0.25) is 0 Å². The normalized spacial score (nSPS) is 22.1. The van der Waals surface area contributed by atoms with Crippen molar-refractivity contribution >= 4 is 11.6 Å². The SMILES string of the molecule is O=C1c2ccccc2N[C@@H](c2ccc3c(c2)OCCO3)N1C1CCCC1. The van der Waals surface area contributed by atoms with Gasteiger partial charge in [-0.05, 0) is 42.7 Å². The average molecular weight is 350 g/mol. The zero-order valence-corrected chi connectivity index (χ0v) is 14.6. The van der Waals surface area contributed by atoms with E-state index in [1.807, 2.05) is 47.4 Å². The van der Waals surface area contributed by atoms with Gasteiger partial charge in [0.2, 0.25) is 0 Å². The van der Waals surface area contributed by atoms with Crippen LogP contribution >= 0.6 is 0 Å². The van der Waals surface area contributed by atoms with E-state index in [-0.39, 0.29) is 18.1 Å². The van der Waals surface area contributed by atoms with Crippen LogP contribution in [0.4, 0.5) is 5.69 Å². The summed E-state index contributed by atoms with van der Waals surface area (Å²) in [6, 6.07) is 14.0. The Morgan fingerprint density at radius 3 is 2.58 bits per heavy atom. The highest BCUT2D eigenvalue weighted by molar-refractivity contribution is 6.02. The number of amides is 1. The van der Waals surface area contributed by atoms with Gasteiger partial charge in [0.1, 0.15) is 19.4 Å². The van der Waals surface area contributed by atoms with E-state index in [1.54, 1.807) is 0 Å². The lowest BCUT2D eigenvalue weighted by Gasteiger charge is -2.42. The Balaban J connectivity index is 1.57. The Morgan fingerprint density at radius 2 is 1.73 bits per heavy atom. The van der Waals surface area contributed by atoms with Crippen molar-refractivity contribution in [2.75, 3.05) is 18.5 Å². The molecule has 1 fully saturated rings. The lowest BCUT2D eigenvalue weighted by atomic mass is 10.00. The molecule has 0 unspecified atom stereocenters. The second-order valence-corrected chi connectivity index (χ2v) is 7.15. The fraction of sp³-hybridized carbons (Fsp3) is 0.381. The lowest BCUT2D eigenvalue weighted by molar-refractivity contribution is 0.0584. The summed E-state index contributed by atoms with van der Waals surface area (Å²) in [6.07, 6.45) is 4.32. The number of anilines is 1. The monoisotopic (exact) mass is 350 g/mol. The van der Waals surface area contributed by atoms with Gasteiger partial charge in [0.05, 0.1) is 5.56 Å². The van der Waals surface area contributed by atoms with Gasteiger partial charge in [0.25, 0.3) is 5.91 Å². The standard InChI is InChI=1S/C21H22N2O3/c24-21-16-7-3-4-8-17(16)22-20(23(21)15-5-1-2-6-15)14-9-10-18-19(13-14)26-12-11-25-18/h3-4,7-10,13,15,20,22H,1-2,5-6,11-12H2/t20-/m1/s1. The molecule has 2 aromatic rings. The third kappa shape index (κ3) is 2.50. The number of nitrogens with one attached hydrogen (secondary N) is 1. The van der Waals surface area contributed by atoms with E-state index in [1.165, 1.54) is 12.8 Å². The molecule has 2 aromatic carbocycles. The number of nitrogens with zero attached hydrogens (tertiary/aromatic N) is 1. The van der Waals surface area contributed by atoms with E-state index >= 15 is 0 Å². The van der Waals surface area contributed by atoms with Crippen LogP contribution in [-0.4, -0.2) is 30.1 Å². The van der Waals surface area contributed by atoms with E-state index < -0.39 is 0 Å². The van der Waals surface area contributed by atoms with Crippen LogP contribution in [0, 0.1) is 0 Å². The molecule has 0 aromatic heterocycles. The van der Waals surface area contributed by atoms with Crippen LogP contribution in [0.1, 0.15) is 47.8 Å². The molecular formula is C21H22N2O3. The molecule has 0 radical (unpaired) electrons. The number of carbonyl (C=O) groups is 1. The largest absolute Gasteiger partial charge is 0.486 e. The van der Waals surface area contributed by atoms with E-state index in [0.717, 1.165) is 41.2 Å². The van der Waals surface area contributed by atoms with Crippen molar-refractivity contribution in [1.82, 2.24) is 4.90 Å². The number of ether oxygens (including phenoxy) is 2. The summed E-state index contributed by atoms with van der Waals surface area (Å²) >= 11 is 0. The highest BCUT2D eigenvalue weighted by Gasteiger charge is 2.38. The second kappa shape index (κ2) is 6.24. The molecule has 5 rings (SSSR count). The summed E-state index contributed by atoms with van der Waals surface area (Å²) in [5, 5.41) is 3.59. The lowest BCUT2D eigenvalue weighted by Crippen LogP contribution is -2.47. The summed E-state index contributed by atoms with van der Waals surface area (Å²) in [5.41, 5.74) is 2.68. The fourth-order valence-corrected chi connectivity index (χ4v) is 4.30. The predicted molar refractivity (Wildman–Crippen MR) is 98.7 cm³/mol. The minimum absolute atomic E-state index is 0.117. The molecule has 1 saturated carbocycles. The van der Waals surface area contributed by atoms with Gasteiger partial charge < -0.3 is 19.7 Å². The Hall–Kier alpha value is -2.69. The van der Waals surface area contributed by atoms with Gasteiger partial charge in [0, 0.05) is 11.7 Å². The Morgan fingerprint density at radius 1 is 0.962 bits per heavy atom. The van der Waals surface area contributed by atoms with Crippen molar-refractivity contribution in [3.05, 3.63) is 53.6 Å². The molecule has 0 bridgehead atoms. The zero-order chi connectivity index (χ0) is 17.5. The number of hydrogen-bond acceptors (Lipinski definition) is 4. The number of para-hydroxylation sites is 1. The number of fused-ring (bicyclic) bond motifs is 2. The number of benzene rings is 2. The number of hydrogen-bond donors (Lipinski definition) is 1. The third-order valence-electron chi connectivity index (χ3n) is 5.56. The highest BCUT2D eigenvalue weighted by Crippen LogP contribution is 2.41. The van der Waals surface area contributed by atoms with Crippen molar-refractivity contribution < 1.29 is 14.3 Å². The van der Waals surface area contributed by atoms with Gasteiger partial charge in [0.15, 0.2) is 11.5 Å². The fourth-order valence-electron chi connectivity index (χ4n) is 4.30. The van der Waals surface area contributed by atoms with E-state index in [4.69, 9.17) is 9.47 Å². The van der Waals surface area contributed by atoms with Gasteiger partial charge in [-0.25, -0.2) is 0 Å². The van der Waals surface area contributed by atoms with Crippen LogP contribution in [0.25, 0.3) is 0 Å². The molecule has 134 valence electrons. The molecule has 5 nitrogen and oxygen atoms in total. The maximum atomic E-state index is 13.3. The van der Waals surface area contributed by atoms with Crippen LogP contribution in [0.15, 0.2) is 42.5 Å². The first-order valence-corrected chi connectivity index (χ1v) is 9.39. The first-order valence-electron chi connectivity index (χ1n) is 9.39. The van der Waals surface area contributed by atoms with Gasteiger partial charge in [-0.15, -0.1) is 0 Å². The Labute approximate surface area is 152 Å². The molecule has 1 aliphatic carbocycles. The summed E-state index contributed by atoms with van der Waals surface area (Å²) in [5.74, 6) is 1.65. The van der Waals surface area contributed by atoms with Gasteiger partial charge in [-0.2, -0.15) is 0 Å². The van der Waals surface area contributed by atoms with Crippen molar-refractivity contribution in [2.24, 2.45) is 0 Å². The molecule has 3 aliphatic rings. The summed E-state index contributed by atoms with van der Waals surface area (Å²) in [6.45, 7) is 1.14. The van der Waals surface area contributed by atoms with Crippen molar-refractivity contribution in [3.8, 4) is 11.5 Å². The van der Waals surface area contributed by atoms with E-state index in [2.05, 4.69) is 5.32 Å². The number of rotatable bonds is 2. The molecule has 1 amide bonds. The topological polar surface area (TPSA) is 50.8 Å². The Kier molecular flexibility index (Phi) is 3.73. The summed E-state index contributed by atoms with van der Waals surface area (Å²) < 4.78 is 11.4. The van der Waals surface area contributed by atoms with Crippen LogP contribution in [0.5, 0.6) is 11.5 Å². The van der Waals surface area contributed by atoms with Crippen molar-refractivity contribution in [2.45, 2.75) is 37.9 Å². The van der Waals surface area contributed by atoms with Crippen LogP contribution in [-0.2, 0) is 0 Å². The molecular weight excluding hydrogens is 328 g/mol. The molecule has 26 heavy (non-hydrogen) atoms. The summed E-state index contributed by atoms with van der Waals surface area (Å²) in [4.78, 5) is 15.3. The molecule has 2 heterocycles. The van der Waals surface area contributed by atoms with Crippen molar-refractivity contribution in [3.63, 3.8) is 0 Å². The van der Waals surface area contributed by atoms with Crippen LogP contribution < -0.4 is 14.8 Å².